The van der Waals surface area contributed by atoms with Gasteiger partial charge in [0.1, 0.15) is 23.4 Å². The standard InChI is InChI=1S/C38H49N3O12/c1-16-11-10-12-17(2)37(49)41-28-23(15-40-39)32(46)25-26(33(28)47)31(45)21(6)35-27(25)36(48)38(8,53-35)51-14-13-24(50-9)18(3)34(52-22(7)42)20(5)30(44)19(4)29(16)43/h10-16,18-20,24,29-30,34,43-47H,39H2,1-9H3,(H,41,49)/b11-10+,14-13+,17-12?,40-15-. The first-order valence-electron chi connectivity index (χ1n) is 17.1. The summed E-state index contributed by atoms with van der Waals surface area (Å²) in [6, 6.07) is 0. The lowest BCUT2D eigenvalue weighted by molar-refractivity contribution is -0.160. The first-order valence-corrected chi connectivity index (χ1v) is 17.1. The van der Waals surface area contributed by atoms with Crippen LogP contribution in [0.3, 0.4) is 0 Å². The molecule has 288 valence electrons. The summed E-state index contributed by atoms with van der Waals surface area (Å²) >= 11 is 0. The molecule has 15 nitrogen and oxygen atoms in total. The molecular formula is C38H49N3O12. The lowest BCUT2D eigenvalue weighted by Crippen LogP contribution is -2.46. The number of Topliss-reactive ketones (excluding diaryl/α,β-unsaturated/α-hetero) is 1. The van der Waals surface area contributed by atoms with Gasteiger partial charge in [-0.05, 0) is 19.9 Å². The Labute approximate surface area is 307 Å². The van der Waals surface area contributed by atoms with Gasteiger partial charge in [0.2, 0.25) is 0 Å². The number of esters is 1. The number of hydrazone groups is 1. The number of nitrogens with zero attached hydrogens (tertiary/aromatic N) is 1. The molecule has 2 aromatic rings. The van der Waals surface area contributed by atoms with E-state index < -0.39 is 88.8 Å². The largest absolute Gasteiger partial charge is 0.507 e. The fourth-order valence-electron chi connectivity index (χ4n) is 6.95. The van der Waals surface area contributed by atoms with Gasteiger partial charge in [0.05, 0.1) is 53.0 Å². The Morgan fingerprint density at radius 2 is 1.64 bits per heavy atom. The average molecular weight is 740 g/mol. The molecule has 0 spiro atoms. The summed E-state index contributed by atoms with van der Waals surface area (Å²) < 4.78 is 23.3. The number of hydrogen-bond donors (Lipinski definition) is 7. The van der Waals surface area contributed by atoms with Crippen LogP contribution in [0.2, 0.25) is 0 Å². The molecule has 1 amide bonds. The number of phenols is 3. The van der Waals surface area contributed by atoms with Crippen molar-refractivity contribution in [1.29, 1.82) is 0 Å². The van der Waals surface area contributed by atoms with E-state index in [0.29, 0.717) is 0 Å². The summed E-state index contributed by atoms with van der Waals surface area (Å²) in [5, 5.41) is 62.5. The number of fused-ring (bicyclic) bond motifs is 14. The zero-order valence-corrected chi connectivity index (χ0v) is 31.2. The molecule has 3 heterocycles. The summed E-state index contributed by atoms with van der Waals surface area (Å²) in [6.45, 7) is 12.3. The summed E-state index contributed by atoms with van der Waals surface area (Å²) in [4.78, 5) is 39.8. The van der Waals surface area contributed by atoms with Crippen LogP contribution in [-0.4, -0.2) is 86.7 Å². The van der Waals surface area contributed by atoms with Gasteiger partial charge in [0.25, 0.3) is 11.7 Å². The molecule has 0 fully saturated rings. The molecule has 53 heavy (non-hydrogen) atoms. The predicted molar refractivity (Wildman–Crippen MR) is 196 cm³/mol. The van der Waals surface area contributed by atoms with E-state index in [1.165, 1.54) is 53.2 Å². The van der Waals surface area contributed by atoms with Crippen molar-refractivity contribution in [2.24, 2.45) is 34.6 Å². The van der Waals surface area contributed by atoms with E-state index in [4.69, 9.17) is 24.8 Å². The van der Waals surface area contributed by atoms with Crippen LogP contribution in [0.15, 0.2) is 41.2 Å². The molecule has 0 saturated carbocycles. The molecule has 5 rings (SSSR count). The molecule has 0 aliphatic carbocycles. The van der Waals surface area contributed by atoms with Crippen LogP contribution >= 0.6 is 0 Å². The number of benzene rings is 2. The molecule has 15 heteroatoms. The number of anilines is 1. The second-order valence-electron chi connectivity index (χ2n) is 13.9. The Morgan fingerprint density at radius 3 is 2.25 bits per heavy atom. The minimum absolute atomic E-state index is 0.0294. The Balaban J connectivity index is 1.95. The first-order chi connectivity index (χ1) is 24.8. The van der Waals surface area contributed by atoms with Gasteiger partial charge in [-0.1, -0.05) is 45.9 Å². The number of nitrogens with two attached hydrogens (primary N) is 1. The smallest absolute Gasteiger partial charge is 0.312 e. The number of allylic oxidation sites excluding steroid dienone is 2. The van der Waals surface area contributed by atoms with Crippen molar-refractivity contribution in [3.05, 3.63) is 52.8 Å². The molecule has 8 N–H and O–H groups in total. The number of ketones is 1. The van der Waals surface area contributed by atoms with Crippen molar-refractivity contribution < 1.29 is 58.9 Å². The maximum atomic E-state index is 14.1. The minimum Gasteiger partial charge on any atom is -0.507 e. The molecule has 3 aliphatic rings. The molecule has 9 unspecified atom stereocenters. The van der Waals surface area contributed by atoms with Gasteiger partial charge in [0, 0.05) is 61.2 Å². The Bertz CT molecular complexity index is 1900. The summed E-state index contributed by atoms with van der Waals surface area (Å²) in [7, 11) is 1.42. The lowest BCUT2D eigenvalue weighted by atomic mass is 9.78. The highest BCUT2D eigenvalue weighted by molar-refractivity contribution is 6.23. The molecular weight excluding hydrogens is 690 g/mol. The fraction of sp³-hybridized carbons (Fsp3) is 0.474. The normalized spacial score (nSPS) is 31.2. The first kappa shape index (κ1) is 40.6. The zero-order valence-electron chi connectivity index (χ0n) is 31.2. The maximum Gasteiger partial charge on any atom is 0.312 e. The van der Waals surface area contributed by atoms with Gasteiger partial charge in [-0.25, -0.2) is 0 Å². The molecule has 9 atom stereocenters. The van der Waals surface area contributed by atoms with Crippen molar-refractivity contribution >= 4 is 40.3 Å². The summed E-state index contributed by atoms with van der Waals surface area (Å²) in [5.41, 5.74) is -0.677. The minimum atomic E-state index is -2.05. The summed E-state index contributed by atoms with van der Waals surface area (Å²) in [5.74, 6) is -3.22. The van der Waals surface area contributed by atoms with Crippen molar-refractivity contribution in [3.63, 3.8) is 0 Å². The predicted octanol–water partition coefficient (Wildman–Crippen LogP) is 4.05. The fourth-order valence-corrected chi connectivity index (χ4v) is 6.95. The van der Waals surface area contributed by atoms with Crippen LogP contribution in [0.25, 0.3) is 10.8 Å². The Morgan fingerprint density at radius 1 is 0.981 bits per heavy atom. The number of carbonyl (C=O) groups excluding carboxylic acids is 3. The van der Waals surface area contributed by atoms with Crippen LogP contribution in [0.1, 0.15) is 70.0 Å². The number of aliphatic hydroxyl groups is 2. The zero-order chi connectivity index (χ0) is 39.7. The molecule has 0 aromatic heterocycles. The van der Waals surface area contributed by atoms with E-state index in [9.17, 15) is 39.9 Å². The van der Waals surface area contributed by atoms with E-state index in [2.05, 4.69) is 10.4 Å². The second kappa shape index (κ2) is 15.9. The number of ether oxygens (including phenoxy) is 4. The van der Waals surface area contributed by atoms with Gasteiger partial charge >= 0.3 is 11.8 Å². The number of aliphatic hydroxyl groups excluding tert-OH is 2. The Kier molecular flexibility index (Phi) is 12.2. The topological polar surface area (TPSA) is 240 Å². The lowest BCUT2D eigenvalue weighted by Gasteiger charge is -2.38. The number of phenolic OH excluding ortho intramolecular Hbond substituents is 3. The summed E-state index contributed by atoms with van der Waals surface area (Å²) in [6.07, 6.45) is 4.36. The van der Waals surface area contributed by atoms with Gasteiger partial charge in [-0.15, -0.1) is 0 Å². The van der Waals surface area contributed by atoms with Crippen molar-refractivity contribution in [1.82, 2.24) is 0 Å². The third-order valence-electron chi connectivity index (χ3n) is 10.2. The van der Waals surface area contributed by atoms with E-state index in [1.54, 1.807) is 39.8 Å². The van der Waals surface area contributed by atoms with Gasteiger partial charge in [0.15, 0.2) is 5.75 Å². The number of amides is 1. The molecule has 5 bridgehead atoms. The molecule has 0 saturated heterocycles. The molecule has 3 aliphatic heterocycles. The number of carbonyl (C=O) groups is 3. The van der Waals surface area contributed by atoms with Gasteiger partial charge in [-0.2, -0.15) is 5.10 Å². The monoisotopic (exact) mass is 739 g/mol. The Hall–Kier alpha value is -5.12. The van der Waals surface area contributed by atoms with Crippen LogP contribution in [-0.2, 0) is 23.8 Å². The molecule has 0 radical (unpaired) electrons. The number of rotatable bonds is 3. The average Bonchev–Trinajstić information content (AvgIpc) is 3.38. The van der Waals surface area contributed by atoms with Crippen LogP contribution in [0.4, 0.5) is 5.69 Å². The van der Waals surface area contributed by atoms with Crippen molar-refractivity contribution in [2.45, 2.75) is 85.6 Å². The van der Waals surface area contributed by atoms with Gasteiger partial charge in [-0.3, -0.25) is 14.4 Å². The highest BCUT2D eigenvalue weighted by Gasteiger charge is 2.50. The van der Waals surface area contributed by atoms with Crippen LogP contribution in [0.5, 0.6) is 23.0 Å². The van der Waals surface area contributed by atoms with E-state index >= 15 is 0 Å². The van der Waals surface area contributed by atoms with E-state index in [1.807, 2.05) is 0 Å². The van der Waals surface area contributed by atoms with E-state index in [-0.39, 0.29) is 44.5 Å². The van der Waals surface area contributed by atoms with Crippen LogP contribution in [0, 0.1) is 30.6 Å². The SMILES string of the molecule is COC1/C=C/OC2(C)Oc3c(C)c(O)c4c(O)c(c(/C=N\N)c(O)c4c3C2=O)NC(=O)C(C)=C/C=C/C(C)C(O)C(C)C(O)C(C)C(OC(C)=O)C1C. The number of methoxy groups -OCH3 is 1. The highest BCUT2D eigenvalue weighted by atomic mass is 16.7. The van der Waals surface area contributed by atoms with Crippen molar-refractivity contribution in [2.75, 3.05) is 12.4 Å². The second-order valence-corrected chi connectivity index (χ2v) is 13.9. The van der Waals surface area contributed by atoms with Crippen LogP contribution < -0.4 is 15.9 Å². The third kappa shape index (κ3) is 7.54. The van der Waals surface area contributed by atoms with E-state index in [0.717, 1.165) is 6.21 Å². The quantitative estimate of drug-likeness (QED) is 0.0588. The number of aromatic hydroxyl groups is 3. The third-order valence-corrected chi connectivity index (χ3v) is 10.2. The number of hydrogen-bond acceptors (Lipinski definition) is 14. The maximum absolute atomic E-state index is 14.1. The number of nitrogens with one attached hydrogen (secondary N) is 1. The van der Waals surface area contributed by atoms with Crippen molar-refractivity contribution in [3.8, 4) is 23.0 Å². The van der Waals surface area contributed by atoms with Gasteiger partial charge < -0.3 is 55.6 Å². The highest BCUT2D eigenvalue weighted by Crippen LogP contribution is 2.55. The molecule has 2 aromatic carbocycles.